The molecule has 2 rings (SSSR count). The summed E-state index contributed by atoms with van der Waals surface area (Å²) in [7, 11) is 0. The van der Waals surface area contributed by atoms with Gasteiger partial charge in [0.15, 0.2) is 0 Å². The first kappa shape index (κ1) is 13.5. The van der Waals surface area contributed by atoms with Crippen LogP contribution >= 0.6 is 0 Å². The number of aryl methyl sites for hydroxylation is 1. The average molecular weight is 249 g/mol. The van der Waals surface area contributed by atoms with E-state index in [1.54, 1.807) is 12.1 Å². The number of hydrogen-bond donors (Lipinski definition) is 1. The second-order valence-corrected chi connectivity index (χ2v) is 6.43. The predicted octanol–water partition coefficient (Wildman–Crippen LogP) is 4.35. The Morgan fingerprint density at radius 1 is 1.28 bits per heavy atom. The van der Waals surface area contributed by atoms with E-state index in [-0.39, 0.29) is 17.3 Å². The Labute approximate surface area is 110 Å². The minimum absolute atomic E-state index is 0.0466. The van der Waals surface area contributed by atoms with Crippen LogP contribution in [-0.2, 0) is 0 Å². The second-order valence-electron chi connectivity index (χ2n) is 6.43. The molecule has 0 amide bonds. The molecule has 18 heavy (non-hydrogen) atoms. The molecule has 1 fully saturated rings. The lowest BCUT2D eigenvalue weighted by Crippen LogP contribution is -2.36. The maximum atomic E-state index is 13.5. The molecule has 1 aromatic rings. The van der Waals surface area contributed by atoms with Crippen molar-refractivity contribution in [3.05, 3.63) is 35.1 Å². The van der Waals surface area contributed by atoms with E-state index in [2.05, 4.69) is 13.8 Å². The number of nitrogens with two attached hydrogens (primary N) is 1. The zero-order chi connectivity index (χ0) is 13.3. The first-order valence-electron chi connectivity index (χ1n) is 6.93. The molecule has 2 N–H and O–H groups in total. The molecule has 1 aliphatic rings. The van der Waals surface area contributed by atoms with Crippen molar-refractivity contribution in [3.8, 4) is 0 Å². The molecule has 100 valence electrons. The molecule has 0 spiro atoms. The lowest BCUT2D eigenvalue weighted by atomic mass is 9.65. The summed E-state index contributed by atoms with van der Waals surface area (Å²) in [6.45, 7) is 6.51. The summed E-state index contributed by atoms with van der Waals surface area (Å²) in [5.74, 6) is 0.279. The molecule has 1 saturated carbocycles. The summed E-state index contributed by atoms with van der Waals surface area (Å²) in [5.41, 5.74) is 8.58. The topological polar surface area (TPSA) is 26.0 Å². The maximum absolute atomic E-state index is 13.5. The van der Waals surface area contributed by atoms with Crippen molar-refractivity contribution in [1.82, 2.24) is 0 Å². The van der Waals surface area contributed by atoms with Gasteiger partial charge < -0.3 is 5.73 Å². The fourth-order valence-corrected chi connectivity index (χ4v) is 3.38. The molecule has 0 heterocycles. The summed E-state index contributed by atoms with van der Waals surface area (Å²) in [4.78, 5) is 0. The minimum atomic E-state index is -0.172. The highest BCUT2D eigenvalue weighted by Crippen LogP contribution is 2.45. The summed E-state index contributed by atoms with van der Waals surface area (Å²) < 4.78 is 13.5. The highest BCUT2D eigenvalue weighted by atomic mass is 19.1. The van der Waals surface area contributed by atoms with Gasteiger partial charge in [0.25, 0.3) is 0 Å². The second kappa shape index (κ2) is 5.00. The zero-order valence-electron chi connectivity index (χ0n) is 11.7. The van der Waals surface area contributed by atoms with Crippen molar-refractivity contribution >= 4 is 0 Å². The lowest BCUT2D eigenvalue weighted by molar-refractivity contribution is 0.112. The van der Waals surface area contributed by atoms with E-state index in [0.717, 1.165) is 17.5 Å². The van der Waals surface area contributed by atoms with Crippen LogP contribution in [0.25, 0.3) is 0 Å². The van der Waals surface area contributed by atoms with Crippen LogP contribution in [0.4, 0.5) is 4.39 Å². The van der Waals surface area contributed by atoms with E-state index in [1.807, 2.05) is 13.0 Å². The van der Waals surface area contributed by atoms with Gasteiger partial charge in [-0.3, -0.25) is 0 Å². The Bertz CT molecular complexity index is 405. The largest absolute Gasteiger partial charge is 0.324 e. The van der Waals surface area contributed by atoms with Crippen molar-refractivity contribution in [3.63, 3.8) is 0 Å². The number of rotatable bonds is 2. The van der Waals surface area contributed by atoms with Gasteiger partial charge in [-0.25, -0.2) is 4.39 Å². The molecular weight excluding hydrogens is 225 g/mol. The number of halogens is 1. The van der Waals surface area contributed by atoms with Gasteiger partial charge in [-0.05, 0) is 54.4 Å². The van der Waals surface area contributed by atoms with Gasteiger partial charge in [0.05, 0.1) is 0 Å². The quantitative estimate of drug-likeness (QED) is 0.828. The standard InChI is InChI=1S/C16H24FN/c1-11-8-12(10-13(17)9-11)15(18)14-6-4-5-7-16(14,2)3/h8-10,14-15H,4-7,18H2,1-3H3. The van der Waals surface area contributed by atoms with Crippen LogP contribution in [0, 0.1) is 24.1 Å². The number of benzene rings is 1. The highest BCUT2D eigenvalue weighted by Gasteiger charge is 2.36. The van der Waals surface area contributed by atoms with Crippen LogP contribution in [0.2, 0.25) is 0 Å². The van der Waals surface area contributed by atoms with Gasteiger partial charge in [0, 0.05) is 6.04 Å². The van der Waals surface area contributed by atoms with E-state index in [0.29, 0.717) is 5.92 Å². The number of hydrogen-bond acceptors (Lipinski definition) is 1. The lowest BCUT2D eigenvalue weighted by Gasteiger charge is -2.42. The van der Waals surface area contributed by atoms with Crippen LogP contribution in [0.5, 0.6) is 0 Å². The van der Waals surface area contributed by atoms with Crippen molar-refractivity contribution in [2.45, 2.75) is 52.5 Å². The van der Waals surface area contributed by atoms with Gasteiger partial charge in [-0.15, -0.1) is 0 Å². The smallest absolute Gasteiger partial charge is 0.123 e. The van der Waals surface area contributed by atoms with Gasteiger partial charge in [0.2, 0.25) is 0 Å². The fraction of sp³-hybridized carbons (Fsp3) is 0.625. The molecule has 1 aromatic carbocycles. The van der Waals surface area contributed by atoms with Gasteiger partial charge in [-0.1, -0.05) is 32.8 Å². The zero-order valence-corrected chi connectivity index (χ0v) is 11.7. The summed E-state index contributed by atoms with van der Waals surface area (Å²) in [5, 5.41) is 0. The van der Waals surface area contributed by atoms with Crippen molar-refractivity contribution in [2.24, 2.45) is 17.1 Å². The molecule has 2 heteroatoms. The molecule has 0 radical (unpaired) electrons. The SMILES string of the molecule is Cc1cc(F)cc(C(N)C2CCCCC2(C)C)c1. The molecule has 0 aliphatic heterocycles. The van der Waals surface area contributed by atoms with E-state index in [1.165, 1.54) is 19.3 Å². The summed E-state index contributed by atoms with van der Waals surface area (Å²) >= 11 is 0. The maximum Gasteiger partial charge on any atom is 0.123 e. The first-order valence-corrected chi connectivity index (χ1v) is 6.93. The highest BCUT2D eigenvalue weighted by molar-refractivity contribution is 5.27. The minimum Gasteiger partial charge on any atom is -0.324 e. The average Bonchev–Trinajstić information content (AvgIpc) is 2.26. The molecule has 2 unspecified atom stereocenters. The first-order chi connectivity index (χ1) is 8.40. The molecule has 1 nitrogen and oxygen atoms in total. The molecule has 0 saturated heterocycles. The van der Waals surface area contributed by atoms with E-state index < -0.39 is 0 Å². The van der Waals surface area contributed by atoms with Gasteiger partial charge >= 0.3 is 0 Å². The monoisotopic (exact) mass is 249 g/mol. The van der Waals surface area contributed by atoms with E-state index in [4.69, 9.17) is 5.73 Å². The van der Waals surface area contributed by atoms with Gasteiger partial charge in [-0.2, -0.15) is 0 Å². The fourth-order valence-electron chi connectivity index (χ4n) is 3.38. The summed E-state index contributed by atoms with van der Waals surface area (Å²) in [6, 6.07) is 5.14. The molecule has 2 atom stereocenters. The molecule has 0 aromatic heterocycles. The van der Waals surface area contributed by atoms with Gasteiger partial charge in [0.1, 0.15) is 5.82 Å². The van der Waals surface area contributed by atoms with Crippen LogP contribution in [0.1, 0.15) is 56.7 Å². The van der Waals surface area contributed by atoms with Crippen LogP contribution in [0.15, 0.2) is 18.2 Å². The Morgan fingerprint density at radius 3 is 2.61 bits per heavy atom. The Hall–Kier alpha value is -0.890. The Balaban J connectivity index is 2.26. The molecular formula is C16H24FN. The van der Waals surface area contributed by atoms with Crippen molar-refractivity contribution in [2.75, 3.05) is 0 Å². The third-order valence-electron chi connectivity index (χ3n) is 4.47. The van der Waals surface area contributed by atoms with Crippen LogP contribution in [0.3, 0.4) is 0 Å². The van der Waals surface area contributed by atoms with Crippen LogP contribution < -0.4 is 5.73 Å². The van der Waals surface area contributed by atoms with Crippen molar-refractivity contribution < 1.29 is 4.39 Å². The third-order valence-corrected chi connectivity index (χ3v) is 4.47. The molecule has 0 bridgehead atoms. The van der Waals surface area contributed by atoms with E-state index >= 15 is 0 Å². The Morgan fingerprint density at radius 2 is 2.00 bits per heavy atom. The predicted molar refractivity (Wildman–Crippen MR) is 73.8 cm³/mol. The summed E-state index contributed by atoms with van der Waals surface area (Å²) in [6.07, 6.45) is 4.91. The van der Waals surface area contributed by atoms with Crippen LogP contribution in [-0.4, -0.2) is 0 Å². The van der Waals surface area contributed by atoms with Crippen molar-refractivity contribution in [1.29, 1.82) is 0 Å². The normalized spacial score (nSPS) is 24.8. The van der Waals surface area contributed by atoms with E-state index in [9.17, 15) is 4.39 Å². The Kier molecular flexibility index (Phi) is 3.76. The molecule has 1 aliphatic carbocycles. The third kappa shape index (κ3) is 2.74.